The molecule has 1 aromatic heterocycles. The van der Waals surface area contributed by atoms with E-state index in [0.29, 0.717) is 11.5 Å². The first-order chi connectivity index (χ1) is 6.74. The Kier molecular flexibility index (Phi) is 1.96. The fourth-order valence-corrected chi connectivity index (χ4v) is 1.44. The molecule has 0 aliphatic heterocycles. The van der Waals surface area contributed by atoms with Crippen LogP contribution in [0.5, 0.6) is 17.4 Å². The van der Waals surface area contributed by atoms with Gasteiger partial charge in [0.2, 0.25) is 0 Å². The molecule has 0 unspecified atom stereocenters. The molecule has 0 saturated heterocycles. The highest BCUT2D eigenvalue weighted by atomic mass is 16.5. The molecule has 74 valence electrons. The lowest BCUT2D eigenvalue weighted by molar-refractivity contribution is 0.356. The molecule has 14 heavy (non-hydrogen) atoms. The third-order valence-electron chi connectivity index (χ3n) is 2.11. The predicted octanol–water partition coefficient (Wildman–Crippen LogP) is 1.89. The number of aromatic hydroxyl groups is 1. The van der Waals surface area contributed by atoms with Gasteiger partial charge in [0.05, 0.1) is 19.7 Å². The van der Waals surface area contributed by atoms with Gasteiger partial charge >= 0.3 is 0 Å². The van der Waals surface area contributed by atoms with E-state index in [1.165, 1.54) is 0 Å². The number of hydrogen-bond acceptors (Lipinski definition) is 3. The number of nitrogens with one attached hydrogen (secondary N) is 1. The molecule has 0 spiro atoms. The number of rotatable bonds is 2. The molecule has 0 amide bonds. The smallest absolute Gasteiger partial charge is 0.189 e. The maximum atomic E-state index is 9.25. The van der Waals surface area contributed by atoms with Crippen LogP contribution in [-0.2, 0) is 0 Å². The van der Waals surface area contributed by atoms with Gasteiger partial charge in [-0.1, -0.05) is 0 Å². The van der Waals surface area contributed by atoms with Crippen molar-refractivity contribution in [2.45, 2.75) is 0 Å². The van der Waals surface area contributed by atoms with Crippen molar-refractivity contribution < 1.29 is 14.6 Å². The topological polar surface area (TPSA) is 54.5 Å². The van der Waals surface area contributed by atoms with Gasteiger partial charge in [0.25, 0.3) is 0 Å². The first-order valence-corrected chi connectivity index (χ1v) is 4.18. The highest BCUT2D eigenvalue weighted by Crippen LogP contribution is 2.33. The standard InChI is InChI=1S/C10H11NO3/c1-13-8-3-6-4-10(12)11-7(6)5-9(8)14-2/h3-5,11-12H,1-2H3. The van der Waals surface area contributed by atoms with Gasteiger partial charge in [-0.2, -0.15) is 0 Å². The highest BCUT2D eigenvalue weighted by molar-refractivity contribution is 5.85. The molecular formula is C10H11NO3. The van der Waals surface area contributed by atoms with Crippen LogP contribution < -0.4 is 9.47 Å². The molecule has 1 heterocycles. The fourth-order valence-electron chi connectivity index (χ4n) is 1.44. The monoisotopic (exact) mass is 193 g/mol. The van der Waals surface area contributed by atoms with Crippen LogP contribution in [0.2, 0.25) is 0 Å². The van der Waals surface area contributed by atoms with Crippen LogP contribution in [0.4, 0.5) is 0 Å². The molecular weight excluding hydrogens is 182 g/mol. The third-order valence-corrected chi connectivity index (χ3v) is 2.11. The van der Waals surface area contributed by atoms with Gasteiger partial charge < -0.3 is 19.6 Å². The zero-order chi connectivity index (χ0) is 10.1. The van der Waals surface area contributed by atoms with E-state index in [1.807, 2.05) is 6.07 Å². The van der Waals surface area contributed by atoms with Crippen LogP contribution in [0.15, 0.2) is 18.2 Å². The van der Waals surface area contributed by atoms with E-state index in [9.17, 15) is 5.11 Å². The minimum Gasteiger partial charge on any atom is -0.495 e. The van der Waals surface area contributed by atoms with Crippen molar-refractivity contribution in [3.8, 4) is 17.4 Å². The minimum absolute atomic E-state index is 0.135. The second kappa shape index (κ2) is 3.14. The molecule has 0 atom stereocenters. The van der Waals surface area contributed by atoms with Gasteiger partial charge in [0.1, 0.15) is 0 Å². The summed E-state index contributed by atoms with van der Waals surface area (Å²) >= 11 is 0. The Morgan fingerprint density at radius 1 is 1.07 bits per heavy atom. The quantitative estimate of drug-likeness (QED) is 0.765. The lowest BCUT2D eigenvalue weighted by Gasteiger charge is -2.06. The number of H-pyrrole nitrogens is 1. The number of methoxy groups -OCH3 is 2. The molecule has 0 aliphatic rings. The van der Waals surface area contributed by atoms with Crippen LogP contribution >= 0.6 is 0 Å². The summed E-state index contributed by atoms with van der Waals surface area (Å²) in [7, 11) is 3.16. The second-order valence-electron chi connectivity index (χ2n) is 2.95. The van der Waals surface area contributed by atoms with E-state index >= 15 is 0 Å². The van der Waals surface area contributed by atoms with E-state index in [-0.39, 0.29) is 5.88 Å². The fraction of sp³-hybridized carbons (Fsp3) is 0.200. The largest absolute Gasteiger partial charge is 0.495 e. The summed E-state index contributed by atoms with van der Waals surface area (Å²) in [6.45, 7) is 0. The molecule has 2 N–H and O–H groups in total. The van der Waals surface area contributed by atoms with Gasteiger partial charge in [-0.25, -0.2) is 0 Å². The van der Waals surface area contributed by atoms with Crippen molar-refractivity contribution >= 4 is 10.9 Å². The van der Waals surface area contributed by atoms with E-state index in [1.54, 1.807) is 26.4 Å². The lowest BCUT2D eigenvalue weighted by atomic mass is 10.2. The second-order valence-corrected chi connectivity index (χ2v) is 2.95. The Morgan fingerprint density at radius 2 is 1.71 bits per heavy atom. The summed E-state index contributed by atoms with van der Waals surface area (Å²) in [5.74, 6) is 1.43. The van der Waals surface area contributed by atoms with Crippen LogP contribution in [-0.4, -0.2) is 24.3 Å². The van der Waals surface area contributed by atoms with Crippen LogP contribution in [0.1, 0.15) is 0 Å². The lowest BCUT2D eigenvalue weighted by Crippen LogP contribution is -1.89. The summed E-state index contributed by atoms with van der Waals surface area (Å²) in [6, 6.07) is 5.23. The van der Waals surface area contributed by atoms with Gasteiger partial charge in [0.15, 0.2) is 17.4 Å². The van der Waals surface area contributed by atoms with Gasteiger partial charge in [-0.05, 0) is 6.07 Å². The first kappa shape index (κ1) is 8.74. The van der Waals surface area contributed by atoms with E-state index in [4.69, 9.17) is 9.47 Å². The zero-order valence-electron chi connectivity index (χ0n) is 8.00. The number of aromatic amines is 1. The summed E-state index contributed by atoms with van der Waals surface area (Å²) in [6.07, 6.45) is 0. The number of benzene rings is 1. The average molecular weight is 193 g/mol. The average Bonchev–Trinajstić information content (AvgIpc) is 2.54. The van der Waals surface area contributed by atoms with E-state index in [2.05, 4.69) is 4.98 Å². The third kappa shape index (κ3) is 1.25. The molecule has 0 aliphatic carbocycles. The van der Waals surface area contributed by atoms with Crippen LogP contribution in [0.3, 0.4) is 0 Å². The Bertz CT molecular complexity index is 421. The Hall–Kier alpha value is -1.84. The predicted molar refractivity (Wildman–Crippen MR) is 53.1 cm³/mol. The first-order valence-electron chi connectivity index (χ1n) is 4.18. The van der Waals surface area contributed by atoms with Crippen molar-refractivity contribution in [1.82, 2.24) is 4.98 Å². The van der Waals surface area contributed by atoms with E-state index < -0.39 is 0 Å². The Labute approximate surface area is 81.1 Å². The Balaban J connectivity index is 2.68. The molecule has 2 rings (SSSR count). The molecule has 0 saturated carbocycles. The summed E-state index contributed by atoms with van der Waals surface area (Å²) < 4.78 is 10.3. The highest BCUT2D eigenvalue weighted by Gasteiger charge is 2.07. The van der Waals surface area contributed by atoms with Gasteiger partial charge in [-0.3, -0.25) is 0 Å². The molecule has 0 fully saturated rings. The summed E-state index contributed by atoms with van der Waals surface area (Å²) in [5.41, 5.74) is 0.820. The summed E-state index contributed by atoms with van der Waals surface area (Å²) in [5, 5.41) is 10.1. The number of fused-ring (bicyclic) bond motifs is 1. The van der Waals surface area contributed by atoms with Crippen LogP contribution in [0, 0.1) is 0 Å². The van der Waals surface area contributed by atoms with Crippen molar-refractivity contribution in [1.29, 1.82) is 0 Å². The normalized spacial score (nSPS) is 10.4. The summed E-state index contributed by atoms with van der Waals surface area (Å²) in [4.78, 5) is 2.80. The maximum Gasteiger partial charge on any atom is 0.189 e. The van der Waals surface area contributed by atoms with Crippen LogP contribution in [0.25, 0.3) is 10.9 Å². The van der Waals surface area contributed by atoms with Crippen molar-refractivity contribution in [3.63, 3.8) is 0 Å². The number of hydrogen-bond donors (Lipinski definition) is 2. The molecule has 1 aromatic carbocycles. The maximum absolute atomic E-state index is 9.25. The molecule has 0 radical (unpaired) electrons. The number of aromatic nitrogens is 1. The van der Waals surface area contributed by atoms with E-state index in [0.717, 1.165) is 10.9 Å². The number of ether oxygens (including phenoxy) is 2. The molecule has 2 aromatic rings. The van der Waals surface area contributed by atoms with Gasteiger partial charge in [-0.15, -0.1) is 0 Å². The SMILES string of the molecule is COc1cc2cc(O)[nH]c2cc1OC. The van der Waals surface area contributed by atoms with Crippen molar-refractivity contribution in [2.24, 2.45) is 0 Å². The van der Waals surface area contributed by atoms with Crippen molar-refractivity contribution in [3.05, 3.63) is 18.2 Å². The molecule has 0 bridgehead atoms. The minimum atomic E-state index is 0.135. The van der Waals surface area contributed by atoms with Gasteiger partial charge in [0, 0.05) is 17.5 Å². The molecule has 4 heteroatoms. The van der Waals surface area contributed by atoms with Crippen molar-refractivity contribution in [2.75, 3.05) is 14.2 Å². The molecule has 4 nitrogen and oxygen atoms in total. The zero-order valence-corrected chi connectivity index (χ0v) is 8.00. The Morgan fingerprint density at radius 3 is 2.36 bits per heavy atom.